The zero-order valence-electron chi connectivity index (χ0n) is 9.01. The van der Waals surface area contributed by atoms with E-state index in [9.17, 15) is 4.79 Å². The Balaban J connectivity index is 2.14. The molecule has 0 saturated heterocycles. The molecular weight excluding hydrogens is 196 g/mol. The minimum absolute atomic E-state index is 0.00144. The first-order valence-electron chi connectivity index (χ1n) is 5.28. The number of hydrogen-bond acceptors (Lipinski definition) is 2. The van der Waals surface area contributed by atoms with Gasteiger partial charge in [-0.05, 0) is 26.0 Å². The third-order valence-corrected chi connectivity index (χ3v) is 3.32. The summed E-state index contributed by atoms with van der Waals surface area (Å²) in [5.74, 6) is 0.970. The Morgan fingerprint density at radius 3 is 2.71 bits per heavy atom. The minimum atomic E-state index is -0.00144. The van der Waals surface area contributed by atoms with Crippen LogP contribution in [-0.4, -0.2) is 30.1 Å². The van der Waals surface area contributed by atoms with Gasteiger partial charge in [-0.2, -0.15) is 11.8 Å². The van der Waals surface area contributed by atoms with Crippen molar-refractivity contribution in [3.05, 3.63) is 0 Å². The fraction of sp³-hybridized carbons (Fsp3) is 0.900. The van der Waals surface area contributed by atoms with Crippen LogP contribution in [0.15, 0.2) is 0 Å². The zero-order valence-corrected chi connectivity index (χ0v) is 9.82. The van der Waals surface area contributed by atoms with Crippen molar-refractivity contribution >= 4 is 17.8 Å². The molecule has 2 N–H and O–H groups in total. The van der Waals surface area contributed by atoms with Crippen LogP contribution in [0.3, 0.4) is 0 Å². The van der Waals surface area contributed by atoms with Crippen molar-refractivity contribution in [1.82, 2.24) is 10.6 Å². The van der Waals surface area contributed by atoms with Crippen molar-refractivity contribution in [2.24, 2.45) is 0 Å². The van der Waals surface area contributed by atoms with Crippen molar-refractivity contribution in [3.63, 3.8) is 0 Å². The Labute approximate surface area is 90.4 Å². The maximum Gasteiger partial charge on any atom is 0.315 e. The van der Waals surface area contributed by atoms with Gasteiger partial charge in [0.15, 0.2) is 0 Å². The second kappa shape index (κ2) is 6.17. The maximum atomic E-state index is 11.5. The summed E-state index contributed by atoms with van der Waals surface area (Å²) in [6.45, 7) is 2.03. The van der Waals surface area contributed by atoms with Gasteiger partial charge >= 0.3 is 6.03 Å². The lowest BCUT2D eigenvalue weighted by Gasteiger charge is -2.16. The van der Waals surface area contributed by atoms with Gasteiger partial charge in [0.25, 0.3) is 0 Å². The first-order chi connectivity index (χ1) is 6.72. The average Bonchev–Trinajstić information content (AvgIpc) is 2.56. The van der Waals surface area contributed by atoms with Gasteiger partial charge in [-0.3, -0.25) is 0 Å². The summed E-state index contributed by atoms with van der Waals surface area (Å²) in [5.41, 5.74) is 0. The molecule has 1 aliphatic rings. The quantitative estimate of drug-likeness (QED) is 0.754. The van der Waals surface area contributed by atoms with Gasteiger partial charge in [-0.1, -0.05) is 12.8 Å². The predicted octanol–water partition coefficient (Wildman–Crippen LogP) is 1.98. The van der Waals surface area contributed by atoms with Crippen LogP contribution in [0.1, 0.15) is 32.6 Å². The third kappa shape index (κ3) is 4.22. The molecule has 3 nitrogen and oxygen atoms in total. The molecule has 0 heterocycles. The molecule has 0 aromatic rings. The number of carbonyl (C=O) groups excluding carboxylic acids is 1. The van der Waals surface area contributed by atoms with Crippen LogP contribution in [0, 0.1) is 0 Å². The molecule has 0 spiro atoms. The molecular formula is C10H20N2OS. The third-order valence-electron chi connectivity index (χ3n) is 2.48. The van der Waals surface area contributed by atoms with Crippen LogP contribution in [0.4, 0.5) is 4.79 Å². The molecule has 1 fully saturated rings. The van der Waals surface area contributed by atoms with Crippen LogP contribution in [-0.2, 0) is 0 Å². The van der Waals surface area contributed by atoms with Crippen LogP contribution < -0.4 is 10.6 Å². The highest BCUT2D eigenvalue weighted by Gasteiger charge is 2.17. The van der Waals surface area contributed by atoms with Gasteiger partial charge in [0.2, 0.25) is 0 Å². The molecule has 4 heteroatoms. The highest BCUT2D eigenvalue weighted by molar-refractivity contribution is 7.98. The number of amides is 2. The summed E-state index contributed by atoms with van der Waals surface area (Å²) in [6, 6.07) is 0.668. The highest BCUT2D eigenvalue weighted by atomic mass is 32.2. The van der Waals surface area contributed by atoms with Gasteiger partial charge in [-0.15, -0.1) is 0 Å². The fourth-order valence-corrected chi connectivity index (χ4v) is 2.40. The number of nitrogens with one attached hydrogen (secondary N) is 2. The Morgan fingerprint density at radius 1 is 1.50 bits per heavy atom. The lowest BCUT2D eigenvalue weighted by atomic mass is 10.2. The van der Waals surface area contributed by atoms with Crippen molar-refractivity contribution in [1.29, 1.82) is 0 Å². The van der Waals surface area contributed by atoms with E-state index in [1.807, 2.05) is 13.2 Å². The smallest absolute Gasteiger partial charge is 0.315 e. The Kier molecular flexibility index (Phi) is 5.15. The monoisotopic (exact) mass is 216 g/mol. The number of rotatable bonds is 4. The second-order valence-electron chi connectivity index (χ2n) is 3.96. The van der Waals surface area contributed by atoms with E-state index in [-0.39, 0.29) is 12.1 Å². The van der Waals surface area contributed by atoms with Crippen LogP contribution in [0.5, 0.6) is 0 Å². The molecule has 82 valence electrons. The van der Waals surface area contributed by atoms with E-state index in [1.54, 1.807) is 11.8 Å². The van der Waals surface area contributed by atoms with Gasteiger partial charge in [0, 0.05) is 17.8 Å². The molecule has 14 heavy (non-hydrogen) atoms. The Morgan fingerprint density at radius 2 is 2.14 bits per heavy atom. The molecule has 1 aliphatic carbocycles. The van der Waals surface area contributed by atoms with Crippen molar-refractivity contribution in [3.8, 4) is 0 Å². The van der Waals surface area contributed by atoms with Crippen molar-refractivity contribution < 1.29 is 4.79 Å². The predicted molar refractivity (Wildman–Crippen MR) is 61.8 cm³/mol. The van der Waals surface area contributed by atoms with Crippen LogP contribution in [0.2, 0.25) is 0 Å². The number of thioether (sulfide) groups is 1. The summed E-state index contributed by atoms with van der Waals surface area (Å²) >= 11 is 1.75. The van der Waals surface area contributed by atoms with E-state index in [0.717, 1.165) is 18.6 Å². The Bertz CT molecular complexity index is 181. The van der Waals surface area contributed by atoms with Crippen LogP contribution >= 0.6 is 11.8 Å². The summed E-state index contributed by atoms with van der Waals surface area (Å²) in [6.07, 6.45) is 6.85. The normalized spacial score (nSPS) is 19.3. The number of carbonyl (C=O) groups is 1. The van der Waals surface area contributed by atoms with Crippen molar-refractivity contribution in [2.75, 3.05) is 12.0 Å². The first-order valence-corrected chi connectivity index (χ1v) is 6.67. The Hall–Kier alpha value is -0.380. The molecule has 0 aromatic heterocycles. The van der Waals surface area contributed by atoms with Gasteiger partial charge in [0.05, 0.1) is 0 Å². The maximum absolute atomic E-state index is 11.5. The molecule has 1 rings (SSSR count). The summed E-state index contributed by atoms with van der Waals surface area (Å²) in [5, 5.41) is 5.95. The van der Waals surface area contributed by atoms with Crippen molar-refractivity contribution in [2.45, 2.75) is 44.7 Å². The molecule has 0 aromatic carbocycles. The average molecular weight is 216 g/mol. The second-order valence-corrected chi connectivity index (χ2v) is 4.87. The summed E-state index contributed by atoms with van der Waals surface area (Å²) in [7, 11) is 0. The first kappa shape index (κ1) is 11.7. The van der Waals surface area contributed by atoms with Gasteiger partial charge < -0.3 is 10.6 Å². The minimum Gasteiger partial charge on any atom is -0.335 e. The van der Waals surface area contributed by atoms with E-state index >= 15 is 0 Å². The molecule has 0 aliphatic heterocycles. The van der Waals surface area contributed by atoms with E-state index < -0.39 is 0 Å². The SMILES string of the molecule is CSCC(C)NC(=O)NC1CCCC1. The number of hydrogen-bond donors (Lipinski definition) is 2. The highest BCUT2D eigenvalue weighted by Crippen LogP contribution is 2.17. The molecule has 1 atom stereocenters. The molecule has 0 bridgehead atoms. The molecule has 1 saturated carbocycles. The molecule has 0 radical (unpaired) electrons. The fourth-order valence-electron chi connectivity index (χ4n) is 1.81. The van der Waals surface area contributed by atoms with E-state index in [4.69, 9.17) is 0 Å². The summed E-state index contributed by atoms with van der Waals surface area (Å²) < 4.78 is 0. The zero-order chi connectivity index (χ0) is 10.4. The van der Waals surface area contributed by atoms with E-state index in [2.05, 4.69) is 10.6 Å². The van der Waals surface area contributed by atoms with Crippen LogP contribution in [0.25, 0.3) is 0 Å². The largest absolute Gasteiger partial charge is 0.335 e. The van der Waals surface area contributed by atoms with E-state index in [1.165, 1.54) is 12.8 Å². The van der Waals surface area contributed by atoms with Gasteiger partial charge in [0.1, 0.15) is 0 Å². The van der Waals surface area contributed by atoms with E-state index in [0.29, 0.717) is 6.04 Å². The standard InChI is InChI=1S/C10H20N2OS/c1-8(7-14-2)11-10(13)12-9-5-3-4-6-9/h8-9H,3-7H2,1-2H3,(H2,11,12,13). The molecule has 1 unspecified atom stereocenters. The topological polar surface area (TPSA) is 41.1 Å². The summed E-state index contributed by atoms with van der Waals surface area (Å²) in [4.78, 5) is 11.5. The lowest BCUT2D eigenvalue weighted by molar-refractivity contribution is 0.235. The lowest BCUT2D eigenvalue weighted by Crippen LogP contribution is -2.45. The van der Waals surface area contributed by atoms with Gasteiger partial charge in [-0.25, -0.2) is 4.79 Å². The number of urea groups is 1. The molecule has 2 amide bonds.